The Morgan fingerprint density at radius 3 is 2.79 bits per heavy atom. The Morgan fingerprint density at radius 2 is 2.17 bits per heavy atom. The summed E-state index contributed by atoms with van der Waals surface area (Å²) in [5, 5.41) is 13.4. The first-order valence-electron chi connectivity index (χ1n) is 7.57. The van der Waals surface area contributed by atoms with E-state index in [9.17, 15) is 24.5 Å². The molecule has 2 atom stereocenters. The van der Waals surface area contributed by atoms with Crippen molar-refractivity contribution in [2.24, 2.45) is 5.92 Å². The van der Waals surface area contributed by atoms with Crippen LogP contribution in [-0.4, -0.2) is 35.7 Å². The number of benzene rings is 1. The van der Waals surface area contributed by atoms with Crippen molar-refractivity contribution in [3.8, 4) is 0 Å². The number of hydrogen-bond acceptors (Lipinski definition) is 6. The number of nitrogens with one attached hydrogen (secondary N) is 1. The van der Waals surface area contributed by atoms with Gasteiger partial charge in [0.25, 0.3) is 11.6 Å². The molecular weight excluding hydrogens is 316 g/mol. The zero-order chi connectivity index (χ0) is 17.7. The number of carbonyl (C=O) groups is 3. The number of nitrogens with zero attached hydrogens (tertiary/aromatic N) is 1. The van der Waals surface area contributed by atoms with Gasteiger partial charge in [0.2, 0.25) is 0 Å². The minimum atomic E-state index is -0.953. The van der Waals surface area contributed by atoms with Crippen molar-refractivity contribution < 1.29 is 24.0 Å². The first kappa shape index (κ1) is 17.6. The largest absolute Gasteiger partial charge is 0.467 e. The third kappa shape index (κ3) is 4.15. The summed E-state index contributed by atoms with van der Waals surface area (Å²) in [5.74, 6) is -1.54. The summed E-state index contributed by atoms with van der Waals surface area (Å²) >= 11 is 0. The Labute approximate surface area is 138 Å². The van der Waals surface area contributed by atoms with Crippen molar-refractivity contribution in [3.63, 3.8) is 0 Å². The normalized spacial score (nSPS) is 18.5. The monoisotopic (exact) mass is 334 g/mol. The molecule has 0 spiro atoms. The molecule has 0 saturated heterocycles. The van der Waals surface area contributed by atoms with E-state index in [1.165, 1.54) is 25.3 Å². The summed E-state index contributed by atoms with van der Waals surface area (Å²) in [6, 6.07) is 4.27. The molecule has 0 aromatic heterocycles. The van der Waals surface area contributed by atoms with Crippen molar-refractivity contribution in [2.75, 3.05) is 7.11 Å². The maximum absolute atomic E-state index is 12.3. The summed E-state index contributed by atoms with van der Waals surface area (Å²) in [6.07, 6.45) is 1.96. The fourth-order valence-electron chi connectivity index (χ4n) is 2.82. The molecule has 1 aliphatic carbocycles. The SMILES string of the molecule is COC(=O)[C@@H](NC(=O)c1cccc([N+](=O)[O-])c1)[C@@H]1CCCC(=O)C1. The third-order valence-electron chi connectivity index (χ3n) is 4.05. The van der Waals surface area contributed by atoms with Gasteiger partial charge in [0.15, 0.2) is 0 Å². The van der Waals surface area contributed by atoms with Gasteiger partial charge >= 0.3 is 5.97 Å². The van der Waals surface area contributed by atoms with E-state index in [-0.39, 0.29) is 29.4 Å². The van der Waals surface area contributed by atoms with Crippen LogP contribution < -0.4 is 5.32 Å². The van der Waals surface area contributed by atoms with Crippen molar-refractivity contribution in [2.45, 2.75) is 31.7 Å². The minimum absolute atomic E-state index is 0.0461. The number of Topliss-reactive ketones (excluding diaryl/α,β-unsaturated/α-hetero) is 1. The highest BCUT2D eigenvalue weighted by Crippen LogP contribution is 2.25. The first-order valence-corrected chi connectivity index (χ1v) is 7.57. The second-order valence-electron chi connectivity index (χ2n) is 5.68. The lowest BCUT2D eigenvalue weighted by atomic mass is 9.83. The highest BCUT2D eigenvalue weighted by Gasteiger charge is 2.34. The number of amides is 1. The Bertz CT molecular complexity index is 672. The molecule has 0 radical (unpaired) electrons. The van der Waals surface area contributed by atoms with Gasteiger partial charge in [0.05, 0.1) is 12.0 Å². The van der Waals surface area contributed by atoms with E-state index < -0.39 is 22.8 Å². The Balaban J connectivity index is 2.18. The van der Waals surface area contributed by atoms with E-state index in [1.54, 1.807) is 0 Å². The van der Waals surface area contributed by atoms with E-state index in [0.717, 1.165) is 6.07 Å². The maximum Gasteiger partial charge on any atom is 0.328 e. The molecule has 24 heavy (non-hydrogen) atoms. The molecule has 1 N–H and O–H groups in total. The van der Waals surface area contributed by atoms with Crippen molar-refractivity contribution in [1.82, 2.24) is 5.32 Å². The van der Waals surface area contributed by atoms with E-state index in [2.05, 4.69) is 5.32 Å². The minimum Gasteiger partial charge on any atom is -0.467 e. The van der Waals surface area contributed by atoms with E-state index in [1.807, 2.05) is 0 Å². The van der Waals surface area contributed by atoms with Crippen LogP contribution in [-0.2, 0) is 14.3 Å². The number of ether oxygens (including phenoxy) is 1. The lowest BCUT2D eigenvalue weighted by molar-refractivity contribution is -0.384. The van der Waals surface area contributed by atoms with Gasteiger partial charge in [-0.2, -0.15) is 0 Å². The van der Waals surface area contributed by atoms with E-state index in [0.29, 0.717) is 19.3 Å². The maximum atomic E-state index is 12.3. The topological polar surface area (TPSA) is 116 Å². The van der Waals surface area contributed by atoms with Crippen LogP contribution in [0.1, 0.15) is 36.0 Å². The summed E-state index contributed by atoms with van der Waals surface area (Å²) in [6.45, 7) is 0. The van der Waals surface area contributed by atoms with Gasteiger partial charge in [-0.3, -0.25) is 19.7 Å². The molecule has 0 unspecified atom stereocenters. The molecular formula is C16H18N2O6. The zero-order valence-electron chi connectivity index (χ0n) is 13.2. The molecule has 0 heterocycles. The van der Waals surface area contributed by atoms with Gasteiger partial charge in [-0.25, -0.2) is 4.79 Å². The molecule has 0 aliphatic heterocycles. The second-order valence-corrected chi connectivity index (χ2v) is 5.68. The van der Waals surface area contributed by atoms with Gasteiger partial charge in [-0.15, -0.1) is 0 Å². The standard InChI is InChI=1S/C16H18N2O6/c1-24-16(21)14(10-4-3-7-13(19)9-10)17-15(20)11-5-2-6-12(8-11)18(22)23/h2,5-6,8,10,14H,3-4,7,9H2,1H3,(H,17,20)/t10-,14+/m1/s1. The number of esters is 1. The number of nitro benzene ring substituents is 1. The summed E-state index contributed by atoms with van der Waals surface area (Å²) < 4.78 is 4.73. The van der Waals surface area contributed by atoms with Crippen LogP contribution >= 0.6 is 0 Å². The van der Waals surface area contributed by atoms with Crippen molar-refractivity contribution >= 4 is 23.3 Å². The van der Waals surface area contributed by atoms with Crippen LogP contribution in [0.25, 0.3) is 0 Å². The van der Waals surface area contributed by atoms with Gasteiger partial charge < -0.3 is 10.1 Å². The number of rotatable bonds is 5. The smallest absolute Gasteiger partial charge is 0.328 e. The highest BCUT2D eigenvalue weighted by molar-refractivity contribution is 5.97. The van der Waals surface area contributed by atoms with Crippen LogP contribution in [0.4, 0.5) is 5.69 Å². The fourth-order valence-corrected chi connectivity index (χ4v) is 2.82. The summed E-state index contributed by atoms with van der Waals surface area (Å²) in [5.41, 5.74) is -0.148. The molecule has 1 aromatic carbocycles. The summed E-state index contributed by atoms with van der Waals surface area (Å²) in [4.78, 5) is 46.2. The molecule has 1 saturated carbocycles. The zero-order valence-corrected chi connectivity index (χ0v) is 13.2. The van der Waals surface area contributed by atoms with Crippen LogP contribution in [0.2, 0.25) is 0 Å². The van der Waals surface area contributed by atoms with Crippen molar-refractivity contribution in [3.05, 3.63) is 39.9 Å². The van der Waals surface area contributed by atoms with Crippen LogP contribution in [0.15, 0.2) is 24.3 Å². The van der Waals surface area contributed by atoms with E-state index in [4.69, 9.17) is 4.74 Å². The lowest BCUT2D eigenvalue weighted by Gasteiger charge is -2.28. The molecule has 1 aromatic rings. The Kier molecular flexibility index (Phi) is 5.62. The molecule has 1 amide bonds. The van der Waals surface area contributed by atoms with Crippen molar-refractivity contribution in [1.29, 1.82) is 0 Å². The number of nitro groups is 1. The molecule has 2 rings (SSSR count). The van der Waals surface area contributed by atoms with Crippen LogP contribution in [0.3, 0.4) is 0 Å². The van der Waals surface area contributed by atoms with Gasteiger partial charge in [-0.05, 0) is 24.8 Å². The highest BCUT2D eigenvalue weighted by atomic mass is 16.6. The summed E-state index contributed by atoms with van der Waals surface area (Å²) in [7, 11) is 1.21. The first-order chi connectivity index (χ1) is 11.4. The molecule has 0 bridgehead atoms. The average molecular weight is 334 g/mol. The van der Waals surface area contributed by atoms with E-state index >= 15 is 0 Å². The van der Waals surface area contributed by atoms with Gasteiger partial charge in [0.1, 0.15) is 11.8 Å². The average Bonchev–Trinajstić information content (AvgIpc) is 2.58. The van der Waals surface area contributed by atoms with Gasteiger partial charge in [-0.1, -0.05) is 6.07 Å². The molecule has 8 nitrogen and oxygen atoms in total. The third-order valence-corrected chi connectivity index (χ3v) is 4.05. The van der Waals surface area contributed by atoms with Crippen LogP contribution in [0, 0.1) is 16.0 Å². The quantitative estimate of drug-likeness (QED) is 0.497. The number of non-ortho nitro benzene ring substituents is 1. The Morgan fingerprint density at radius 1 is 1.42 bits per heavy atom. The second kappa shape index (κ2) is 7.67. The number of hydrogen-bond donors (Lipinski definition) is 1. The predicted molar refractivity (Wildman–Crippen MR) is 83.3 cm³/mol. The molecule has 8 heteroatoms. The number of methoxy groups -OCH3 is 1. The Hall–Kier alpha value is -2.77. The molecule has 1 aliphatic rings. The predicted octanol–water partition coefficient (Wildman–Crippen LogP) is 1.63. The lowest BCUT2D eigenvalue weighted by Crippen LogP contribution is -2.48. The molecule has 128 valence electrons. The van der Waals surface area contributed by atoms with Crippen LogP contribution in [0.5, 0.6) is 0 Å². The number of carbonyl (C=O) groups excluding carboxylic acids is 3. The van der Waals surface area contributed by atoms with Gasteiger partial charge in [0, 0.05) is 30.5 Å². The number of ketones is 1. The molecule has 1 fully saturated rings. The fraction of sp³-hybridized carbons (Fsp3) is 0.438.